The maximum Gasteiger partial charge on any atom is 0.263 e. The van der Waals surface area contributed by atoms with Crippen molar-refractivity contribution in [2.24, 2.45) is 0 Å². The first kappa shape index (κ1) is 13.9. The molecule has 0 aliphatic carbocycles. The number of hydrogen-bond donors (Lipinski definition) is 1. The highest BCUT2D eigenvalue weighted by molar-refractivity contribution is 8.26. The van der Waals surface area contributed by atoms with Crippen LogP contribution in [0.3, 0.4) is 0 Å². The van der Waals surface area contributed by atoms with E-state index in [0.29, 0.717) is 17.8 Å². The summed E-state index contributed by atoms with van der Waals surface area (Å²) >= 11 is 5.28. The predicted octanol–water partition coefficient (Wildman–Crippen LogP) is 2.87. The Hall–Kier alpha value is -1.48. The van der Waals surface area contributed by atoms with Crippen LogP contribution in [-0.2, 0) is 4.79 Å². The van der Waals surface area contributed by atoms with Crippen molar-refractivity contribution < 1.29 is 26.7 Å². The highest BCUT2D eigenvalue weighted by Crippen LogP contribution is 2.30. The van der Waals surface area contributed by atoms with Gasteiger partial charge in [0.05, 0.1) is 10.5 Å². The lowest BCUT2D eigenvalue weighted by Gasteiger charge is -2.04. The zero-order chi connectivity index (χ0) is 14.3. The molecule has 1 aliphatic heterocycles. The molecule has 1 aromatic rings. The Labute approximate surface area is 112 Å². The van der Waals surface area contributed by atoms with Crippen molar-refractivity contribution in [3.05, 3.63) is 39.6 Å². The summed E-state index contributed by atoms with van der Waals surface area (Å²) in [6.45, 7) is 0. The molecule has 100 valence electrons. The average molecular weight is 311 g/mol. The first-order valence-corrected chi connectivity index (χ1v) is 5.81. The molecular formula is C10H2F5NOS2. The molecular weight excluding hydrogens is 309 g/mol. The number of carbonyl (C=O) groups excluding carboxylic acids is 1. The molecule has 0 spiro atoms. The highest BCUT2D eigenvalue weighted by atomic mass is 32.2. The number of thiocarbonyl (C=S) groups is 1. The number of hydrogen-bond acceptors (Lipinski definition) is 3. The summed E-state index contributed by atoms with van der Waals surface area (Å²) in [5, 5.41) is 2.15. The van der Waals surface area contributed by atoms with Gasteiger partial charge >= 0.3 is 0 Å². The molecule has 0 saturated carbocycles. The number of carbonyl (C=O) groups is 1. The van der Waals surface area contributed by atoms with Crippen LogP contribution >= 0.6 is 24.0 Å². The molecule has 0 bridgehead atoms. The topological polar surface area (TPSA) is 29.1 Å². The van der Waals surface area contributed by atoms with Crippen molar-refractivity contribution in [1.82, 2.24) is 5.32 Å². The van der Waals surface area contributed by atoms with Gasteiger partial charge in [-0.2, -0.15) is 0 Å². The van der Waals surface area contributed by atoms with Crippen molar-refractivity contribution in [1.29, 1.82) is 0 Å². The van der Waals surface area contributed by atoms with Crippen LogP contribution in [0.4, 0.5) is 22.0 Å². The fourth-order valence-electron chi connectivity index (χ4n) is 1.30. The zero-order valence-electron chi connectivity index (χ0n) is 8.69. The number of rotatable bonds is 1. The van der Waals surface area contributed by atoms with Gasteiger partial charge < -0.3 is 5.32 Å². The first-order valence-electron chi connectivity index (χ1n) is 4.59. The van der Waals surface area contributed by atoms with Gasteiger partial charge in [-0.3, -0.25) is 4.79 Å². The second-order valence-corrected chi connectivity index (χ2v) is 5.05. The molecule has 1 heterocycles. The van der Waals surface area contributed by atoms with Crippen LogP contribution in [0.25, 0.3) is 6.08 Å². The van der Waals surface area contributed by atoms with E-state index in [2.05, 4.69) is 17.5 Å². The minimum Gasteiger partial charge on any atom is -0.307 e. The third kappa shape index (κ3) is 2.35. The van der Waals surface area contributed by atoms with Gasteiger partial charge in [-0.15, -0.1) is 0 Å². The second kappa shape index (κ2) is 4.89. The zero-order valence-corrected chi connectivity index (χ0v) is 10.3. The molecule has 2 rings (SSSR count). The van der Waals surface area contributed by atoms with E-state index < -0.39 is 40.6 Å². The van der Waals surface area contributed by atoms with Crippen LogP contribution in [0.15, 0.2) is 4.91 Å². The monoisotopic (exact) mass is 311 g/mol. The van der Waals surface area contributed by atoms with E-state index in [0.717, 1.165) is 0 Å². The molecule has 1 amide bonds. The molecule has 0 radical (unpaired) electrons. The lowest BCUT2D eigenvalue weighted by Crippen LogP contribution is -2.17. The van der Waals surface area contributed by atoms with E-state index in [4.69, 9.17) is 0 Å². The van der Waals surface area contributed by atoms with E-state index in [9.17, 15) is 26.7 Å². The summed E-state index contributed by atoms with van der Waals surface area (Å²) in [5.41, 5.74) is -1.18. The highest BCUT2D eigenvalue weighted by Gasteiger charge is 2.28. The van der Waals surface area contributed by atoms with Crippen LogP contribution in [-0.4, -0.2) is 10.2 Å². The summed E-state index contributed by atoms with van der Waals surface area (Å²) in [7, 11) is 0. The SMILES string of the molecule is O=C1NC(=S)S/C1=C\c1c(F)c(F)c(F)c(F)c1F. The molecule has 1 N–H and O–H groups in total. The Kier molecular flexibility index (Phi) is 3.59. The van der Waals surface area contributed by atoms with Gasteiger partial charge in [-0.1, -0.05) is 24.0 Å². The second-order valence-electron chi connectivity index (χ2n) is 3.34. The number of amides is 1. The summed E-state index contributed by atoms with van der Waals surface area (Å²) in [6.07, 6.45) is 0.565. The van der Waals surface area contributed by atoms with Gasteiger partial charge in [0.15, 0.2) is 23.3 Å². The van der Waals surface area contributed by atoms with Crippen LogP contribution in [0, 0.1) is 29.1 Å². The van der Waals surface area contributed by atoms with Gasteiger partial charge in [0.2, 0.25) is 5.82 Å². The fraction of sp³-hybridized carbons (Fsp3) is 0. The Morgan fingerprint density at radius 1 is 0.947 bits per heavy atom. The van der Waals surface area contributed by atoms with Gasteiger partial charge in [-0.05, 0) is 6.08 Å². The van der Waals surface area contributed by atoms with Crippen LogP contribution in [0.5, 0.6) is 0 Å². The lowest BCUT2D eigenvalue weighted by molar-refractivity contribution is -0.115. The Bertz CT molecular complexity index is 614. The van der Waals surface area contributed by atoms with Crippen LogP contribution in [0.1, 0.15) is 5.56 Å². The summed E-state index contributed by atoms with van der Waals surface area (Å²) < 4.78 is 65.4. The summed E-state index contributed by atoms with van der Waals surface area (Å²) in [5.74, 6) is -11.2. The van der Waals surface area contributed by atoms with E-state index in [1.807, 2.05) is 0 Å². The van der Waals surface area contributed by atoms with E-state index in [-0.39, 0.29) is 9.23 Å². The van der Waals surface area contributed by atoms with Crippen LogP contribution < -0.4 is 5.32 Å². The number of nitrogens with one attached hydrogen (secondary N) is 1. The normalized spacial score (nSPS) is 17.2. The third-order valence-electron chi connectivity index (χ3n) is 2.16. The molecule has 1 saturated heterocycles. The minimum atomic E-state index is -2.25. The minimum absolute atomic E-state index is 0.0279. The number of halogens is 5. The van der Waals surface area contributed by atoms with E-state index in [1.54, 1.807) is 0 Å². The largest absolute Gasteiger partial charge is 0.307 e. The molecule has 0 atom stereocenters. The fourth-order valence-corrected chi connectivity index (χ4v) is 2.33. The van der Waals surface area contributed by atoms with E-state index >= 15 is 0 Å². The van der Waals surface area contributed by atoms with Gasteiger partial charge in [-0.25, -0.2) is 22.0 Å². The Morgan fingerprint density at radius 2 is 1.42 bits per heavy atom. The third-order valence-corrected chi connectivity index (χ3v) is 3.32. The molecule has 0 aromatic heterocycles. The Balaban J connectivity index is 2.62. The maximum atomic E-state index is 13.3. The summed E-state index contributed by atoms with van der Waals surface area (Å²) in [6, 6.07) is 0. The maximum absolute atomic E-state index is 13.3. The van der Waals surface area contributed by atoms with Crippen molar-refractivity contribution in [2.45, 2.75) is 0 Å². The quantitative estimate of drug-likeness (QED) is 0.284. The predicted molar refractivity (Wildman–Crippen MR) is 62.5 cm³/mol. The number of thioether (sulfide) groups is 1. The molecule has 19 heavy (non-hydrogen) atoms. The van der Waals surface area contributed by atoms with Crippen molar-refractivity contribution >= 4 is 40.3 Å². The molecule has 9 heteroatoms. The van der Waals surface area contributed by atoms with Crippen molar-refractivity contribution in [3.63, 3.8) is 0 Å². The van der Waals surface area contributed by atoms with Crippen LogP contribution in [0.2, 0.25) is 0 Å². The Morgan fingerprint density at radius 3 is 1.84 bits per heavy atom. The molecule has 1 aliphatic rings. The van der Waals surface area contributed by atoms with E-state index in [1.165, 1.54) is 0 Å². The molecule has 2 nitrogen and oxygen atoms in total. The van der Waals surface area contributed by atoms with Crippen molar-refractivity contribution in [3.8, 4) is 0 Å². The van der Waals surface area contributed by atoms with Gasteiger partial charge in [0.1, 0.15) is 4.32 Å². The lowest BCUT2D eigenvalue weighted by atomic mass is 10.1. The standard InChI is InChI=1S/C10H2F5NOS2/c11-4-2(1-3-9(17)16-10(18)19-3)5(12)7(14)8(15)6(4)13/h1H,(H,16,17,18)/b3-1-. The first-order chi connectivity index (χ1) is 8.82. The molecule has 1 fully saturated rings. The summed E-state index contributed by atoms with van der Waals surface area (Å²) in [4.78, 5) is 11.0. The number of benzene rings is 1. The van der Waals surface area contributed by atoms with Gasteiger partial charge in [0.25, 0.3) is 5.91 Å². The molecule has 0 unspecified atom stereocenters. The molecule has 1 aromatic carbocycles. The smallest absolute Gasteiger partial charge is 0.263 e. The van der Waals surface area contributed by atoms with Gasteiger partial charge in [0, 0.05) is 0 Å². The average Bonchev–Trinajstić information content (AvgIpc) is 2.68. The van der Waals surface area contributed by atoms with Crippen molar-refractivity contribution in [2.75, 3.05) is 0 Å².